The summed E-state index contributed by atoms with van der Waals surface area (Å²) in [6, 6.07) is 0. The summed E-state index contributed by atoms with van der Waals surface area (Å²) in [4.78, 5) is 20.6. The van der Waals surface area contributed by atoms with Crippen molar-refractivity contribution in [2.75, 3.05) is 31.1 Å². The Morgan fingerprint density at radius 2 is 2.17 bits per heavy atom. The molecule has 0 aliphatic carbocycles. The highest BCUT2D eigenvalue weighted by Gasteiger charge is 2.22. The van der Waals surface area contributed by atoms with E-state index in [4.69, 9.17) is 0 Å². The fourth-order valence-corrected chi connectivity index (χ4v) is 2.81. The van der Waals surface area contributed by atoms with E-state index in [0.717, 1.165) is 43.3 Å². The Morgan fingerprint density at radius 3 is 2.72 bits per heavy atom. The first-order valence-electron chi connectivity index (χ1n) is 6.33. The zero-order chi connectivity index (χ0) is 13.0. The molecule has 0 atom stereocenters. The lowest BCUT2D eigenvalue weighted by molar-refractivity contribution is -0.127. The molecule has 0 spiro atoms. The maximum atomic E-state index is 12.1. The second kappa shape index (κ2) is 6.00. The number of nitrogens with zero attached hydrogens (tertiary/aromatic N) is 3. The van der Waals surface area contributed by atoms with Gasteiger partial charge in [-0.05, 0) is 13.3 Å². The van der Waals surface area contributed by atoms with E-state index in [0.29, 0.717) is 0 Å². The molecule has 0 unspecified atom stereocenters. The average molecular weight is 265 g/mol. The number of piperazine rings is 1. The minimum atomic E-state index is 0.177. The Balaban J connectivity index is 1.91. The number of anilines is 1. The fourth-order valence-electron chi connectivity index (χ4n) is 2.12. The third kappa shape index (κ3) is 2.90. The monoisotopic (exact) mass is 265 g/mol. The van der Waals surface area contributed by atoms with Crippen LogP contribution in [0.25, 0.3) is 0 Å². The van der Waals surface area contributed by atoms with E-state index in [1.807, 2.05) is 29.5 Å². The Bertz CT molecular complexity index is 419. The third-order valence-electron chi connectivity index (χ3n) is 3.10. The number of carbonyl (C=O) groups is 1. The summed E-state index contributed by atoms with van der Waals surface area (Å²) < 4.78 is 0. The van der Waals surface area contributed by atoms with Gasteiger partial charge in [0.25, 0.3) is 0 Å². The summed E-state index contributed by atoms with van der Waals surface area (Å²) in [5.41, 5.74) is 0.861. The lowest BCUT2D eigenvalue weighted by Gasteiger charge is -2.34. The second-order valence-corrected chi connectivity index (χ2v) is 5.26. The van der Waals surface area contributed by atoms with Gasteiger partial charge >= 0.3 is 0 Å². The summed E-state index contributed by atoms with van der Waals surface area (Å²) in [6.07, 6.45) is 4.73. The topological polar surface area (TPSA) is 36.4 Å². The van der Waals surface area contributed by atoms with Crippen LogP contribution < -0.4 is 4.90 Å². The summed E-state index contributed by atoms with van der Waals surface area (Å²) in [6.45, 7) is 7.27. The van der Waals surface area contributed by atoms with E-state index < -0.39 is 0 Å². The number of allylic oxidation sites excluding steroid dienone is 1. The minimum absolute atomic E-state index is 0.177. The molecule has 1 fully saturated rings. The molecule has 0 bridgehead atoms. The van der Waals surface area contributed by atoms with Crippen LogP contribution in [0.2, 0.25) is 0 Å². The summed E-state index contributed by atoms with van der Waals surface area (Å²) >= 11 is 1.65. The second-order valence-electron chi connectivity index (χ2n) is 4.39. The number of rotatable bonds is 3. The van der Waals surface area contributed by atoms with Crippen LogP contribution in [-0.2, 0) is 4.79 Å². The molecule has 2 heterocycles. The number of aromatic nitrogens is 1. The van der Waals surface area contributed by atoms with Crippen LogP contribution in [0.5, 0.6) is 0 Å². The van der Waals surface area contributed by atoms with Crippen LogP contribution in [0.15, 0.2) is 23.2 Å². The van der Waals surface area contributed by atoms with E-state index >= 15 is 0 Å². The predicted molar refractivity (Wildman–Crippen MR) is 75.0 cm³/mol. The van der Waals surface area contributed by atoms with Crippen molar-refractivity contribution in [1.82, 2.24) is 9.88 Å². The van der Waals surface area contributed by atoms with Crippen LogP contribution in [0.3, 0.4) is 0 Å². The van der Waals surface area contributed by atoms with Gasteiger partial charge in [-0.1, -0.05) is 13.0 Å². The number of thiazole rings is 1. The fraction of sp³-hybridized carbons (Fsp3) is 0.538. The quantitative estimate of drug-likeness (QED) is 0.786. The molecule has 4 nitrogen and oxygen atoms in total. The van der Waals surface area contributed by atoms with Gasteiger partial charge in [0.15, 0.2) is 5.13 Å². The van der Waals surface area contributed by atoms with Gasteiger partial charge in [-0.2, -0.15) is 0 Å². The van der Waals surface area contributed by atoms with Gasteiger partial charge in [0.05, 0.1) is 0 Å². The Kier molecular flexibility index (Phi) is 4.36. The van der Waals surface area contributed by atoms with Crippen LogP contribution in [0, 0.1) is 0 Å². The van der Waals surface area contributed by atoms with Gasteiger partial charge < -0.3 is 9.80 Å². The normalized spacial score (nSPS) is 17.1. The molecule has 1 aromatic rings. The first-order chi connectivity index (χ1) is 8.72. The van der Waals surface area contributed by atoms with Gasteiger partial charge in [0.1, 0.15) is 0 Å². The maximum Gasteiger partial charge on any atom is 0.249 e. The van der Waals surface area contributed by atoms with E-state index in [9.17, 15) is 4.79 Å². The van der Waals surface area contributed by atoms with E-state index in [1.165, 1.54) is 0 Å². The molecule has 0 N–H and O–H groups in total. The summed E-state index contributed by atoms with van der Waals surface area (Å²) in [5, 5.41) is 3.05. The summed E-state index contributed by atoms with van der Waals surface area (Å²) in [7, 11) is 0. The maximum absolute atomic E-state index is 12.1. The molecule has 1 aromatic heterocycles. The van der Waals surface area contributed by atoms with E-state index in [1.54, 1.807) is 11.3 Å². The Labute approximate surface area is 112 Å². The van der Waals surface area contributed by atoms with Crippen LogP contribution in [0.4, 0.5) is 5.13 Å². The largest absolute Gasteiger partial charge is 0.345 e. The lowest BCUT2D eigenvalue weighted by atomic mass is 10.2. The van der Waals surface area contributed by atoms with Crippen molar-refractivity contribution in [3.63, 3.8) is 0 Å². The van der Waals surface area contributed by atoms with Gasteiger partial charge in [0, 0.05) is 43.3 Å². The van der Waals surface area contributed by atoms with Crippen molar-refractivity contribution in [2.24, 2.45) is 0 Å². The van der Waals surface area contributed by atoms with Crippen molar-refractivity contribution in [3.05, 3.63) is 23.2 Å². The molecule has 0 aromatic carbocycles. The number of amides is 1. The van der Waals surface area contributed by atoms with Crippen LogP contribution in [-0.4, -0.2) is 42.0 Å². The smallest absolute Gasteiger partial charge is 0.249 e. The Hall–Kier alpha value is -1.36. The molecule has 0 saturated carbocycles. The predicted octanol–water partition coefficient (Wildman–Crippen LogP) is 2.15. The standard InChI is InChI=1S/C13H19N3OS/c1-3-4-11(2)12(17)15-6-8-16(9-7-15)13-14-5-10-18-13/h4-5,10H,3,6-9H2,1-2H3/b11-4-. The average Bonchev–Trinajstić information content (AvgIpc) is 2.92. The lowest BCUT2D eigenvalue weighted by Crippen LogP contribution is -2.49. The van der Waals surface area contributed by atoms with Crippen molar-refractivity contribution in [3.8, 4) is 0 Å². The molecule has 5 heteroatoms. The van der Waals surface area contributed by atoms with Gasteiger partial charge in [0.2, 0.25) is 5.91 Å². The number of hydrogen-bond donors (Lipinski definition) is 0. The highest BCUT2D eigenvalue weighted by atomic mass is 32.1. The van der Waals surface area contributed by atoms with E-state index in [-0.39, 0.29) is 5.91 Å². The molecule has 0 radical (unpaired) electrons. The summed E-state index contributed by atoms with van der Waals surface area (Å²) in [5.74, 6) is 0.177. The first-order valence-corrected chi connectivity index (χ1v) is 7.20. The number of carbonyl (C=O) groups excluding carboxylic acids is 1. The van der Waals surface area contributed by atoms with Crippen molar-refractivity contribution in [1.29, 1.82) is 0 Å². The van der Waals surface area contributed by atoms with Crippen molar-refractivity contribution >= 4 is 22.4 Å². The Morgan fingerprint density at radius 1 is 1.44 bits per heavy atom. The molecule has 1 saturated heterocycles. The molecule has 1 aliphatic rings. The van der Waals surface area contributed by atoms with Gasteiger partial charge in [-0.15, -0.1) is 11.3 Å². The van der Waals surface area contributed by atoms with Crippen LogP contribution in [0.1, 0.15) is 20.3 Å². The SMILES string of the molecule is CC/C=C(/C)C(=O)N1CCN(c2nccs2)CC1. The highest BCUT2D eigenvalue weighted by Crippen LogP contribution is 2.19. The molecular formula is C13H19N3OS. The van der Waals surface area contributed by atoms with Crippen molar-refractivity contribution in [2.45, 2.75) is 20.3 Å². The first kappa shape index (κ1) is 13.1. The molecular weight excluding hydrogens is 246 g/mol. The van der Waals surface area contributed by atoms with E-state index in [2.05, 4.69) is 16.8 Å². The van der Waals surface area contributed by atoms with Gasteiger partial charge in [-0.3, -0.25) is 4.79 Å². The van der Waals surface area contributed by atoms with Crippen LogP contribution >= 0.6 is 11.3 Å². The molecule has 18 heavy (non-hydrogen) atoms. The molecule has 98 valence electrons. The molecule has 1 aliphatic heterocycles. The molecule has 2 rings (SSSR count). The highest BCUT2D eigenvalue weighted by molar-refractivity contribution is 7.13. The number of hydrogen-bond acceptors (Lipinski definition) is 4. The zero-order valence-corrected chi connectivity index (χ0v) is 11.7. The third-order valence-corrected chi connectivity index (χ3v) is 3.94. The molecule has 1 amide bonds. The minimum Gasteiger partial charge on any atom is -0.345 e. The van der Waals surface area contributed by atoms with Gasteiger partial charge in [-0.25, -0.2) is 4.98 Å². The zero-order valence-electron chi connectivity index (χ0n) is 10.9. The van der Waals surface area contributed by atoms with Crippen molar-refractivity contribution < 1.29 is 4.79 Å².